The fourth-order valence-corrected chi connectivity index (χ4v) is 5.09. The first-order chi connectivity index (χ1) is 17.3. The van der Waals surface area contributed by atoms with Crippen LogP contribution in [0.4, 0.5) is 11.4 Å². The molecule has 184 valence electrons. The smallest absolute Gasteiger partial charge is 0.270 e. The molecule has 0 bridgehead atoms. The lowest BCUT2D eigenvalue weighted by Crippen LogP contribution is -2.54. The maximum atomic E-state index is 13.4. The number of nitrogens with one attached hydrogen (secondary N) is 1. The van der Waals surface area contributed by atoms with Crippen molar-refractivity contribution < 1.29 is 14.3 Å². The molecule has 1 aromatic heterocycles. The van der Waals surface area contributed by atoms with E-state index in [0.717, 1.165) is 54.6 Å². The van der Waals surface area contributed by atoms with Gasteiger partial charge in [-0.1, -0.05) is 17.7 Å². The van der Waals surface area contributed by atoms with Crippen LogP contribution in [0.5, 0.6) is 0 Å². The van der Waals surface area contributed by atoms with E-state index in [0.29, 0.717) is 10.7 Å². The highest BCUT2D eigenvalue weighted by atomic mass is 35.5. The highest BCUT2D eigenvalue weighted by Gasteiger charge is 2.34. The molecule has 2 aliphatic rings. The quantitative estimate of drug-likeness (QED) is 0.313. The predicted octanol–water partition coefficient (Wildman–Crippen LogP) is 4.42. The summed E-state index contributed by atoms with van der Waals surface area (Å²) in [6.45, 7) is 7.21. The van der Waals surface area contributed by atoms with Crippen LogP contribution >= 0.6 is 23.8 Å². The van der Waals surface area contributed by atoms with Crippen LogP contribution in [0.25, 0.3) is 11.8 Å². The van der Waals surface area contributed by atoms with Gasteiger partial charge >= 0.3 is 0 Å². The molecule has 0 radical (unpaired) electrons. The van der Waals surface area contributed by atoms with Crippen LogP contribution in [0.2, 0.25) is 5.02 Å². The van der Waals surface area contributed by atoms with E-state index >= 15 is 0 Å². The summed E-state index contributed by atoms with van der Waals surface area (Å²) in [6.07, 6.45) is 1.62. The summed E-state index contributed by atoms with van der Waals surface area (Å²) in [5, 5.41) is 3.11. The number of carbonyl (C=O) groups excluding carboxylic acids is 2. The third-order valence-electron chi connectivity index (χ3n) is 6.42. The second-order valence-electron chi connectivity index (χ2n) is 8.72. The number of rotatable bonds is 4. The summed E-state index contributed by atoms with van der Waals surface area (Å²) < 4.78 is 7.56. The zero-order valence-corrected chi connectivity index (χ0v) is 21.5. The molecule has 3 heterocycles. The molecule has 2 aliphatic heterocycles. The van der Waals surface area contributed by atoms with Gasteiger partial charge in [-0.3, -0.25) is 19.8 Å². The number of morpholine rings is 1. The highest BCUT2D eigenvalue weighted by Crippen LogP contribution is 2.28. The van der Waals surface area contributed by atoms with Gasteiger partial charge in [0.25, 0.3) is 11.8 Å². The van der Waals surface area contributed by atoms with E-state index in [2.05, 4.69) is 39.0 Å². The first kappa shape index (κ1) is 24.2. The van der Waals surface area contributed by atoms with Crippen molar-refractivity contribution in [1.82, 2.24) is 9.88 Å². The van der Waals surface area contributed by atoms with Gasteiger partial charge in [-0.05, 0) is 86.2 Å². The number of benzene rings is 2. The fraction of sp³-hybridized carbons (Fsp3) is 0.222. The van der Waals surface area contributed by atoms with Gasteiger partial charge in [-0.25, -0.2) is 0 Å². The molecule has 5 rings (SSSR count). The summed E-state index contributed by atoms with van der Waals surface area (Å²) in [7, 11) is 0. The Morgan fingerprint density at radius 1 is 0.972 bits per heavy atom. The van der Waals surface area contributed by atoms with Crippen molar-refractivity contribution in [1.29, 1.82) is 0 Å². The van der Waals surface area contributed by atoms with Gasteiger partial charge in [0.1, 0.15) is 5.57 Å². The average Bonchev–Trinajstić information content (AvgIpc) is 3.15. The number of ether oxygens (including phenoxy) is 1. The lowest BCUT2D eigenvalue weighted by molar-refractivity contribution is -0.122. The highest BCUT2D eigenvalue weighted by molar-refractivity contribution is 7.80. The lowest BCUT2D eigenvalue weighted by atomic mass is 10.1. The zero-order chi connectivity index (χ0) is 25.4. The minimum absolute atomic E-state index is 0.00601. The summed E-state index contributed by atoms with van der Waals surface area (Å²) in [5.74, 6) is -1.02. The fourth-order valence-electron chi connectivity index (χ4n) is 4.63. The molecule has 3 aromatic rings. The number of hydrogen-bond donors (Lipinski definition) is 1. The molecule has 7 nitrogen and oxygen atoms in total. The Hall–Kier alpha value is -3.46. The minimum Gasteiger partial charge on any atom is -0.378 e. The summed E-state index contributed by atoms with van der Waals surface area (Å²) in [5.41, 5.74) is 5.36. The van der Waals surface area contributed by atoms with E-state index in [1.54, 1.807) is 30.3 Å². The third kappa shape index (κ3) is 4.55. The van der Waals surface area contributed by atoms with Crippen molar-refractivity contribution in [2.75, 3.05) is 36.1 Å². The van der Waals surface area contributed by atoms with Crippen LogP contribution < -0.4 is 15.1 Å². The van der Waals surface area contributed by atoms with Gasteiger partial charge in [-0.2, -0.15) is 0 Å². The van der Waals surface area contributed by atoms with Gasteiger partial charge in [-0.15, -0.1) is 0 Å². The number of amides is 2. The SMILES string of the molecule is Cc1cc(/C=C2\C(=O)NC(=S)N(c3cccc(Cl)c3)C2=O)c(C)n1-c1ccc(N2CCOCC2)cc1. The van der Waals surface area contributed by atoms with E-state index in [1.165, 1.54) is 4.90 Å². The van der Waals surface area contributed by atoms with Crippen molar-refractivity contribution in [3.63, 3.8) is 0 Å². The normalized spacial score (nSPS) is 17.6. The molecule has 0 spiro atoms. The largest absolute Gasteiger partial charge is 0.378 e. The van der Waals surface area contributed by atoms with Crippen molar-refractivity contribution >= 4 is 58.2 Å². The topological polar surface area (TPSA) is 66.8 Å². The minimum atomic E-state index is -0.525. The van der Waals surface area contributed by atoms with Crippen LogP contribution in [0.1, 0.15) is 17.0 Å². The Labute approximate surface area is 219 Å². The van der Waals surface area contributed by atoms with E-state index in [-0.39, 0.29) is 10.7 Å². The molecule has 0 atom stereocenters. The number of anilines is 2. The van der Waals surface area contributed by atoms with E-state index in [1.807, 2.05) is 19.9 Å². The van der Waals surface area contributed by atoms with Crippen LogP contribution in [0, 0.1) is 13.8 Å². The van der Waals surface area contributed by atoms with E-state index < -0.39 is 11.8 Å². The van der Waals surface area contributed by atoms with Crippen LogP contribution in [-0.2, 0) is 14.3 Å². The second-order valence-corrected chi connectivity index (χ2v) is 9.54. The molecule has 0 saturated carbocycles. The van der Waals surface area contributed by atoms with Crippen LogP contribution in [-0.4, -0.2) is 47.8 Å². The van der Waals surface area contributed by atoms with Gasteiger partial charge in [0.15, 0.2) is 5.11 Å². The first-order valence-electron chi connectivity index (χ1n) is 11.6. The van der Waals surface area contributed by atoms with Gasteiger partial charge in [0, 0.05) is 40.9 Å². The molecule has 2 saturated heterocycles. The predicted molar refractivity (Wildman–Crippen MR) is 146 cm³/mol. The van der Waals surface area contributed by atoms with Crippen LogP contribution in [0.3, 0.4) is 0 Å². The number of hydrogen-bond acceptors (Lipinski definition) is 5. The Balaban J connectivity index is 1.46. The maximum Gasteiger partial charge on any atom is 0.270 e. The van der Waals surface area contributed by atoms with Gasteiger partial charge in [0.05, 0.1) is 18.9 Å². The van der Waals surface area contributed by atoms with Crippen molar-refractivity contribution in [3.8, 4) is 5.69 Å². The molecule has 0 aliphatic carbocycles. The van der Waals surface area contributed by atoms with Crippen molar-refractivity contribution in [2.45, 2.75) is 13.8 Å². The molecular weight excluding hydrogens is 496 g/mol. The molecule has 9 heteroatoms. The maximum absolute atomic E-state index is 13.4. The third-order valence-corrected chi connectivity index (χ3v) is 6.94. The molecule has 2 fully saturated rings. The average molecular weight is 521 g/mol. The Bertz CT molecular complexity index is 1390. The number of thiocarbonyl (C=S) groups is 1. The molecular formula is C27H25ClN4O3S. The van der Waals surface area contributed by atoms with Crippen molar-refractivity contribution in [2.24, 2.45) is 0 Å². The first-order valence-corrected chi connectivity index (χ1v) is 12.4. The standard InChI is InChI=1S/C27H25ClN4O3S/c1-17-14-19(18(2)31(17)22-8-6-21(7-9-22)30-10-12-35-13-11-30)15-24-25(33)29-27(36)32(26(24)34)23-5-3-4-20(28)16-23/h3-9,14-16H,10-13H2,1-2H3,(H,29,33,36)/b24-15+. The second kappa shape index (κ2) is 9.89. The summed E-state index contributed by atoms with van der Waals surface area (Å²) >= 11 is 11.4. The molecule has 2 aromatic carbocycles. The van der Waals surface area contributed by atoms with E-state index in [4.69, 9.17) is 28.6 Å². The Morgan fingerprint density at radius 3 is 2.36 bits per heavy atom. The Kier molecular flexibility index (Phi) is 6.66. The number of carbonyl (C=O) groups is 2. The number of aromatic nitrogens is 1. The number of halogens is 1. The van der Waals surface area contributed by atoms with Gasteiger partial charge < -0.3 is 14.2 Å². The molecule has 0 unspecified atom stereocenters. The zero-order valence-electron chi connectivity index (χ0n) is 20.0. The number of nitrogens with zero attached hydrogens (tertiary/aromatic N) is 3. The number of aryl methyl sites for hydroxylation is 1. The molecule has 1 N–H and O–H groups in total. The van der Waals surface area contributed by atoms with Crippen LogP contribution in [0.15, 0.2) is 60.2 Å². The summed E-state index contributed by atoms with van der Waals surface area (Å²) in [4.78, 5) is 29.7. The van der Waals surface area contributed by atoms with E-state index in [9.17, 15) is 9.59 Å². The Morgan fingerprint density at radius 2 is 1.67 bits per heavy atom. The lowest BCUT2D eigenvalue weighted by Gasteiger charge is -2.29. The molecule has 2 amide bonds. The monoisotopic (exact) mass is 520 g/mol. The summed E-state index contributed by atoms with van der Waals surface area (Å²) in [6, 6.07) is 17.1. The molecule has 36 heavy (non-hydrogen) atoms. The van der Waals surface area contributed by atoms with Crippen molar-refractivity contribution in [3.05, 3.63) is 82.1 Å². The van der Waals surface area contributed by atoms with Gasteiger partial charge in [0.2, 0.25) is 0 Å².